The molecule has 0 bridgehead atoms. The predicted octanol–water partition coefficient (Wildman–Crippen LogP) is 1.36. The van der Waals surface area contributed by atoms with Crippen molar-refractivity contribution in [3.05, 3.63) is 54.1 Å². The van der Waals surface area contributed by atoms with Crippen molar-refractivity contribution in [2.24, 2.45) is 0 Å². The molecular formula is C22H27N3O6S. The van der Waals surface area contributed by atoms with Crippen LogP contribution in [0.25, 0.3) is 0 Å². The average Bonchev–Trinajstić information content (AvgIpc) is 2.82. The molecule has 3 rings (SSSR count). The third-order valence-corrected chi connectivity index (χ3v) is 7.07. The van der Waals surface area contributed by atoms with Crippen molar-refractivity contribution in [1.29, 1.82) is 0 Å². The molecule has 0 radical (unpaired) electrons. The van der Waals surface area contributed by atoms with E-state index in [4.69, 9.17) is 9.47 Å². The number of amides is 2. The van der Waals surface area contributed by atoms with Crippen LogP contribution in [0.2, 0.25) is 0 Å². The third kappa shape index (κ3) is 5.57. The summed E-state index contributed by atoms with van der Waals surface area (Å²) in [7, 11) is -2.12. The number of nitrogens with one attached hydrogen (secondary N) is 1. The summed E-state index contributed by atoms with van der Waals surface area (Å²) >= 11 is 0. The van der Waals surface area contributed by atoms with E-state index < -0.39 is 10.0 Å². The van der Waals surface area contributed by atoms with Gasteiger partial charge in [0.1, 0.15) is 6.61 Å². The molecule has 10 heteroatoms. The van der Waals surface area contributed by atoms with Crippen molar-refractivity contribution >= 4 is 21.8 Å². The molecule has 2 aromatic carbocycles. The zero-order valence-corrected chi connectivity index (χ0v) is 18.9. The largest absolute Gasteiger partial charge is 0.493 e. The molecule has 1 saturated heterocycles. The number of hydrogen-bond donors (Lipinski definition) is 1. The van der Waals surface area contributed by atoms with Gasteiger partial charge in [-0.2, -0.15) is 4.31 Å². The highest BCUT2D eigenvalue weighted by molar-refractivity contribution is 7.89. The van der Waals surface area contributed by atoms with Gasteiger partial charge in [-0.25, -0.2) is 8.42 Å². The molecule has 0 spiro atoms. The molecule has 1 fully saturated rings. The molecule has 0 aromatic heterocycles. The summed E-state index contributed by atoms with van der Waals surface area (Å²) in [6.45, 7) is 3.23. The number of carbonyl (C=O) groups excluding carboxylic acids is 2. The molecule has 2 aromatic rings. The minimum atomic E-state index is -3.68. The minimum Gasteiger partial charge on any atom is -0.493 e. The van der Waals surface area contributed by atoms with Crippen molar-refractivity contribution in [3.8, 4) is 11.5 Å². The Morgan fingerprint density at radius 2 is 1.59 bits per heavy atom. The molecule has 32 heavy (non-hydrogen) atoms. The molecule has 172 valence electrons. The van der Waals surface area contributed by atoms with E-state index in [9.17, 15) is 18.0 Å². The van der Waals surface area contributed by atoms with Gasteiger partial charge in [0.15, 0.2) is 11.5 Å². The number of benzene rings is 2. The van der Waals surface area contributed by atoms with E-state index in [2.05, 4.69) is 5.32 Å². The Bertz CT molecular complexity index is 1050. The van der Waals surface area contributed by atoms with Crippen LogP contribution >= 0.6 is 0 Å². The first kappa shape index (κ1) is 23.6. The van der Waals surface area contributed by atoms with Gasteiger partial charge in [-0.3, -0.25) is 9.59 Å². The first-order valence-corrected chi connectivity index (χ1v) is 11.7. The van der Waals surface area contributed by atoms with Crippen LogP contribution in [0.1, 0.15) is 17.3 Å². The highest BCUT2D eigenvalue weighted by atomic mass is 32.2. The van der Waals surface area contributed by atoms with E-state index in [-0.39, 0.29) is 43.0 Å². The second-order valence-corrected chi connectivity index (χ2v) is 9.13. The van der Waals surface area contributed by atoms with Crippen molar-refractivity contribution in [2.75, 3.05) is 46.4 Å². The molecule has 0 atom stereocenters. The van der Waals surface area contributed by atoms with E-state index in [1.165, 1.54) is 35.5 Å². The van der Waals surface area contributed by atoms with E-state index in [0.717, 1.165) is 0 Å². The maximum Gasteiger partial charge on any atom is 0.251 e. The fourth-order valence-electron chi connectivity index (χ4n) is 3.34. The van der Waals surface area contributed by atoms with E-state index in [0.29, 0.717) is 30.2 Å². The number of sulfonamides is 1. The molecule has 0 aliphatic carbocycles. The molecule has 0 unspecified atom stereocenters. The maximum atomic E-state index is 12.8. The van der Waals surface area contributed by atoms with E-state index in [1.807, 2.05) is 12.1 Å². The summed E-state index contributed by atoms with van der Waals surface area (Å²) in [4.78, 5) is 25.5. The second kappa shape index (κ2) is 10.5. The lowest BCUT2D eigenvalue weighted by Gasteiger charge is -2.33. The molecular weight excluding hydrogens is 434 g/mol. The van der Waals surface area contributed by atoms with Gasteiger partial charge in [0, 0.05) is 38.7 Å². The van der Waals surface area contributed by atoms with Gasteiger partial charge < -0.3 is 19.7 Å². The summed E-state index contributed by atoms with van der Waals surface area (Å²) in [6.07, 6.45) is 0. The number of para-hydroxylation sites is 2. The van der Waals surface area contributed by atoms with Gasteiger partial charge in [0.05, 0.1) is 18.6 Å². The normalized spacial score (nSPS) is 14.6. The Kier molecular flexibility index (Phi) is 7.70. The number of piperazine rings is 1. The molecule has 2 amide bonds. The van der Waals surface area contributed by atoms with Crippen LogP contribution in [0.5, 0.6) is 11.5 Å². The quantitative estimate of drug-likeness (QED) is 0.595. The Balaban J connectivity index is 1.52. The standard InChI is InChI=1S/C22H27N3O6S/c1-17(26)24-12-14-25(15-13-24)32(28,29)19-9-7-18(8-10-19)22(27)23-11-16-31-21-6-4-3-5-20(21)30-2/h3-10H,11-16H2,1-2H3,(H,23,27). The van der Waals surface area contributed by atoms with Crippen LogP contribution in [0.3, 0.4) is 0 Å². The molecule has 0 saturated carbocycles. The van der Waals surface area contributed by atoms with Gasteiger partial charge in [0.2, 0.25) is 15.9 Å². The maximum absolute atomic E-state index is 12.8. The number of nitrogens with zero attached hydrogens (tertiary/aromatic N) is 2. The molecule has 1 N–H and O–H groups in total. The van der Waals surface area contributed by atoms with E-state index >= 15 is 0 Å². The molecule has 1 aliphatic rings. The summed E-state index contributed by atoms with van der Waals surface area (Å²) in [6, 6.07) is 13.0. The summed E-state index contributed by atoms with van der Waals surface area (Å²) < 4.78 is 37.9. The number of ether oxygens (including phenoxy) is 2. The van der Waals surface area contributed by atoms with Crippen LogP contribution in [-0.2, 0) is 14.8 Å². The fourth-order valence-corrected chi connectivity index (χ4v) is 4.76. The fraction of sp³-hybridized carbons (Fsp3) is 0.364. The van der Waals surface area contributed by atoms with Crippen LogP contribution < -0.4 is 14.8 Å². The van der Waals surface area contributed by atoms with Gasteiger partial charge in [0.25, 0.3) is 5.91 Å². The van der Waals surface area contributed by atoms with Crippen LogP contribution in [0.4, 0.5) is 0 Å². The van der Waals surface area contributed by atoms with Gasteiger partial charge in [-0.15, -0.1) is 0 Å². The highest BCUT2D eigenvalue weighted by Crippen LogP contribution is 2.25. The first-order valence-electron chi connectivity index (χ1n) is 10.2. The van der Waals surface area contributed by atoms with Crippen molar-refractivity contribution in [3.63, 3.8) is 0 Å². The molecule has 1 aliphatic heterocycles. The lowest BCUT2D eigenvalue weighted by Crippen LogP contribution is -2.49. The third-order valence-electron chi connectivity index (χ3n) is 5.15. The summed E-state index contributed by atoms with van der Waals surface area (Å²) in [5.41, 5.74) is 0.350. The predicted molar refractivity (Wildman–Crippen MR) is 118 cm³/mol. The van der Waals surface area contributed by atoms with Gasteiger partial charge >= 0.3 is 0 Å². The zero-order valence-electron chi connectivity index (χ0n) is 18.1. The lowest BCUT2D eigenvalue weighted by atomic mass is 10.2. The molecule has 1 heterocycles. The highest BCUT2D eigenvalue weighted by Gasteiger charge is 2.29. The topological polar surface area (TPSA) is 105 Å². The first-order chi connectivity index (χ1) is 15.3. The van der Waals surface area contributed by atoms with Crippen LogP contribution in [0.15, 0.2) is 53.4 Å². The van der Waals surface area contributed by atoms with Crippen molar-refractivity contribution < 1.29 is 27.5 Å². The smallest absolute Gasteiger partial charge is 0.251 e. The lowest BCUT2D eigenvalue weighted by molar-refractivity contribution is -0.129. The Hall–Kier alpha value is -3.11. The minimum absolute atomic E-state index is 0.0641. The van der Waals surface area contributed by atoms with Crippen LogP contribution in [-0.4, -0.2) is 75.9 Å². The van der Waals surface area contributed by atoms with Crippen LogP contribution in [0, 0.1) is 0 Å². The number of rotatable bonds is 8. The van der Waals surface area contributed by atoms with Gasteiger partial charge in [-0.05, 0) is 36.4 Å². The Morgan fingerprint density at radius 3 is 2.19 bits per heavy atom. The number of methoxy groups -OCH3 is 1. The Morgan fingerprint density at radius 1 is 0.969 bits per heavy atom. The summed E-state index contributed by atoms with van der Waals surface area (Å²) in [5.74, 6) is 0.805. The molecule has 9 nitrogen and oxygen atoms in total. The van der Waals surface area contributed by atoms with Crippen molar-refractivity contribution in [2.45, 2.75) is 11.8 Å². The SMILES string of the molecule is COc1ccccc1OCCNC(=O)c1ccc(S(=O)(=O)N2CCN(C(C)=O)CC2)cc1. The van der Waals surface area contributed by atoms with E-state index in [1.54, 1.807) is 24.1 Å². The van der Waals surface area contributed by atoms with Gasteiger partial charge in [-0.1, -0.05) is 12.1 Å². The second-order valence-electron chi connectivity index (χ2n) is 7.19. The number of carbonyl (C=O) groups is 2. The Labute approximate surface area is 188 Å². The monoisotopic (exact) mass is 461 g/mol. The number of hydrogen-bond acceptors (Lipinski definition) is 6. The summed E-state index contributed by atoms with van der Waals surface area (Å²) in [5, 5.41) is 2.74. The average molecular weight is 462 g/mol. The zero-order chi connectivity index (χ0) is 23.1. The van der Waals surface area contributed by atoms with Crippen molar-refractivity contribution in [1.82, 2.24) is 14.5 Å².